The van der Waals surface area contributed by atoms with Gasteiger partial charge in [0.1, 0.15) is 5.65 Å². The highest BCUT2D eigenvalue weighted by Crippen LogP contribution is 2.23. The third-order valence-electron chi connectivity index (χ3n) is 4.35. The fraction of sp³-hybridized carbons (Fsp3) is 0.350. The Labute approximate surface area is 155 Å². The van der Waals surface area contributed by atoms with Crippen LogP contribution in [-0.4, -0.2) is 24.3 Å². The fourth-order valence-corrected chi connectivity index (χ4v) is 3.84. The summed E-state index contributed by atoms with van der Waals surface area (Å²) < 4.78 is 29.6. The summed E-state index contributed by atoms with van der Waals surface area (Å²) in [6.07, 6.45) is 4.49. The van der Waals surface area contributed by atoms with Gasteiger partial charge in [-0.2, -0.15) is 0 Å². The Bertz CT molecular complexity index is 1010. The molecule has 0 unspecified atom stereocenters. The highest BCUT2D eigenvalue weighted by molar-refractivity contribution is 7.89. The van der Waals surface area contributed by atoms with Crippen LogP contribution in [0.4, 0.5) is 0 Å². The zero-order valence-corrected chi connectivity index (χ0v) is 16.5. The van der Waals surface area contributed by atoms with Crippen molar-refractivity contribution in [3.63, 3.8) is 0 Å². The number of sulfonamides is 1. The van der Waals surface area contributed by atoms with Crippen LogP contribution in [0.1, 0.15) is 37.6 Å². The molecule has 138 valence electrons. The molecule has 0 radical (unpaired) electrons. The second kappa shape index (κ2) is 6.85. The fourth-order valence-electron chi connectivity index (χ4n) is 2.81. The number of fused-ring (bicyclic) bond motifs is 1. The molecule has 6 heteroatoms. The quantitative estimate of drug-likeness (QED) is 0.747. The van der Waals surface area contributed by atoms with Crippen LogP contribution in [0.2, 0.25) is 0 Å². The molecule has 1 N–H and O–H groups in total. The van der Waals surface area contributed by atoms with Crippen molar-refractivity contribution in [2.75, 3.05) is 6.54 Å². The van der Waals surface area contributed by atoms with Crippen LogP contribution < -0.4 is 4.72 Å². The van der Waals surface area contributed by atoms with E-state index in [4.69, 9.17) is 0 Å². The van der Waals surface area contributed by atoms with Crippen LogP contribution >= 0.6 is 0 Å². The molecule has 26 heavy (non-hydrogen) atoms. The first-order valence-corrected chi connectivity index (χ1v) is 10.2. The number of imidazole rings is 1. The molecule has 0 amide bonds. The molecule has 2 aromatic heterocycles. The maximum Gasteiger partial charge on any atom is 0.240 e. The Morgan fingerprint density at radius 1 is 1.04 bits per heavy atom. The van der Waals surface area contributed by atoms with Gasteiger partial charge in [0.05, 0.1) is 10.6 Å². The minimum Gasteiger partial charge on any atom is -0.307 e. The minimum atomic E-state index is -3.51. The number of aryl methyl sites for hydroxylation is 1. The summed E-state index contributed by atoms with van der Waals surface area (Å²) in [4.78, 5) is 4.80. The molecule has 1 aromatic carbocycles. The van der Waals surface area contributed by atoms with Crippen molar-refractivity contribution >= 4 is 15.7 Å². The number of pyridine rings is 1. The normalized spacial score (nSPS) is 12.6. The number of rotatable bonds is 5. The average molecular weight is 372 g/mol. The van der Waals surface area contributed by atoms with Gasteiger partial charge >= 0.3 is 0 Å². The van der Waals surface area contributed by atoms with Crippen molar-refractivity contribution in [2.24, 2.45) is 0 Å². The molecule has 2 heterocycles. The van der Waals surface area contributed by atoms with E-state index in [-0.39, 0.29) is 10.3 Å². The second-order valence-electron chi connectivity index (χ2n) is 7.63. The molecule has 0 fully saturated rings. The molecule has 0 atom stereocenters. The molecule has 0 aliphatic heterocycles. The van der Waals surface area contributed by atoms with Gasteiger partial charge in [-0.25, -0.2) is 18.1 Å². The molecule has 0 spiro atoms. The number of hydrogen-bond acceptors (Lipinski definition) is 3. The average Bonchev–Trinajstić information content (AvgIpc) is 2.95. The van der Waals surface area contributed by atoms with Gasteiger partial charge in [0.2, 0.25) is 10.0 Å². The van der Waals surface area contributed by atoms with Gasteiger partial charge in [-0.1, -0.05) is 39.0 Å². The number of aromatic nitrogens is 2. The van der Waals surface area contributed by atoms with Crippen molar-refractivity contribution < 1.29 is 8.42 Å². The molecule has 5 nitrogen and oxygen atoms in total. The summed E-state index contributed by atoms with van der Waals surface area (Å²) in [5.41, 5.74) is 3.99. The SMILES string of the molecule is Cc1ccc2nc(CCNS(=O)(=O)c3ccc(C(C)(C)C)cc3)cn2c1. The summed E-state index contributed by atoms with van der Waals surface area (Å²) in [6.45, 7) is 8.64. The number of hydrogen-bond donors (Lipinski definition) is 1. The lowest BCUT2D eigenvalue weighted by Crippen LogP contribution is -2.26. The van der Waals surface area contributed by atoms with Crippen molar-refractivity contribution in [3.8, 4) is 0 Å². The van der Waals surface area contributed by atoms with Gasteiger partial charge in [0.15, 0.2) is 0 Å². The number of nitrogens with zero attached hydrogens (tertiary/aromatic N) is 2. The van der Waals surface area contributed by atoms with E-state index in [2.05, 4.69) is 30.5 Å². The first-order chi connectivity index (χ1) is 12.1. The van der Waals surface area contributed by atoms with Crippen LogP contribution in [0.15, 0.2) is 53.7 Å². The van der Waals surface area contributed by atoms with Gasteiger partial charge in [-0.3, -0.25) is 0 Å². The summed E-state index contributed by atoms with van der Waals surface area (Å²) in [5, 5.41) is 0. The van der Waals surface area contributed by atoms with Gasteiger partial charge in [0.25, 0.3) is 0 Å². The van der Waals surface area contributed by atoms with Crippen LogP contribution in [0.5, 0.6) is 0 Å². The third kappa shape index (κ3) is 4.14. The maximum atomic E-state index is 12.5. The maximum absolute atomic E-state index is 12.5. The van der Waals surface area contributed by atoms with E-state index in [9.17, 15) is 8.42 Å². The number of nitrogens with one attached hydrogen (secondary N) is 1. The highest BCUT2D eigenvalue weighted by atomic mass is 32.2. The van der Waals surface area contributed by atoms with Gasteiger partial charge in [0, 0.05) is 25.4 Å². The Morgan fingerprint density at radius 3 is 2.38 bits per heavy atom. The largest absolute Gasteiger partial charge is 0.307 e. The van der Waals surface area contributed by atoms with E-state index in [0.29, 0.717) is 13.0 Å². The van der Waals surface area contributed by atoms with E-state index in [1.807, 2.05) is 48.0 Å². The topological polar surface area (TPSA) is 63.5 Å². The van der Waals surface area contributed by atoms with Gasteiger partial charge in [-0.15, -0.1) is 0 Å². The van der Waals surface area contributed by atoms with E-state index in [0.717, 1.165) is 22.5 Å². The second-order valence-corrected chi connectivity index (χ2v) is 9.39. The molecular formula is C20H25N3O2S. The molecule has 0 bridgehead atoms. The van der Waals surface area contributed by atoms with Crippen molar-refractivity contribution in [3.05, 3.63) is 65.6 Å². The molecule has 0 aliphatic carbocycles. The van der Waals surface area contributed by atoms with E-state index < -0.39 is 10.0 Å². The summed E-state index contributed by atoms with van der Waals surface area (Å²) in [7, 11) is -3.51. The predicted molar refractivity (Wildman–Crippen MR) is 104 cm³/mol. The first kappa shape index (κ1) is 18.6. The summed E-state index contributed by atoms with van der Waals surface area (Å²) >= 11 is 0. The van der Waals surface area contributed by atoms with E-state index in [1.54, 1.807) is 12.1 Å². The molecule has 0 saturated heterocycles. The summed E-state index contributed by atoms with van der Waals surface area (Å²) in [5.74, 6) is 0. The Morgan fingerprint density at radius 2 is 1.73 bits per heavy atom. The van der Waals surface area contributed by atoms with Crippen LogP contribution in [0, 0.1) is 6.92 Å². The van der Waals surface area contributed by atoms with Crippen LogP contribution in [-0.2, 0) is 21.9 Å². The monoisotopic (exact) mass is 371 g/mol. The highest BCUT2D eigenvalue weighted by Gasteiger charge is 2.17. The Hall–Kier alpha value is -2.18. The first-order valence-electron chi connectivity index (χ1n) is 8.70. The van der Waals surface area contributed by atoms with Crippen molar-refractivity contribution in [1.29, 1.82) is 0 Å². The lowest BCUT2D eigenvalue weighted by Gasteiger charge is -2.19. The van der Waals surface area contributed by atoms with Crippen molar-refractivity contribution in [2.45, 2.75) is 44.4 Å². The Kier molecular flexibility index (Phi) is 4.90. The Balaban J connectivity index is 1.66. The molecular weight excluding hydrogens is 346 g/mol. The standard InChI is InChI=1S/C20H25N3O2S/c1-15-5-10-19-22-17(14-23(19)13-15)11-12-21-26(24,25)18-8-6-16(7-9-18)20(2,3)4/h5-10,13-14,21H,11-12H2,1-4H3. The molecule has 0 saturated carbocycles. The summed E-state index contributed by atoms with van der Waals surface area (Å²) in [6, 6.07) is 11.0. The van der Waals surface area contributed by atoms with Gasteiger partial charge < -0.3 is 4.40 Å². The van der Waals surface area contributed by atoms with Crippen LogP contribution in [0.3, 0.4) is 0 Å². The van der Waals surface area contributed by atoms with E-state index in [1.165, 1.54) is 0 Å². The van der Waals surface area contributed by atoms with Gasteiger partial charge in [-0.05, 0) is 41.7 Å². The van der Waals surface area contributed by atoms with Crippen molar-refractivity contribution in [1.82, 2.24) is 14.1 Å². The molecule has 3 aromatic rings. The lowest BCUT2D eigenvalue weighted by molar-refractivity contribution is 0.578. The van der Waals surface area contributed by atoms with E-state index >= 15 is 0 Å². The predicted octanol–water partition coefficient (Wildman–Crippen LogP) is 3.46. The van der Waals surface area contributed by atoms with Crippen LogP contribution in [0.25, 0.3) is 5.65 Å². The third-order valence-corrected chi connectivity index (χ3v) is 5.83. The molecule has 3 rings (SSSR count). The zero-order chi connectivity index (χ0) is 18.9. The lowest BCUT2D eigenvalue weighted by atomic mass is 9.87. The minimum absolute atomic E-state index is 0.00278. The zero-order valence-electron chi connectivity index (χ0n) is 15.7. The number of benzene rings is 1. The smallest absolute Gasteiger partial charge is 0.240 e. The molecule has 0 aliphatic rings.